The Balaban J connectivity index is 2.22. The normalized spacial score (nSPS) is 21.9. The van der Waals surface area contributed by atoms with E-state index < -0.39 is 5.60 Å². The van der Waals surface area contributed by atoms with Crippen LogP contribution in [-0.2, 0) is 28.0 Å². The van der Waals surface area contributed by atoms with E-state index in [1.807, 2.05) is 6.92 Å². The van der Waals surface area contributed by atoms with Gasteiger partial charge in [-0.3, -0.25) is 4.79 Å². The maximum atomic E-state index is 11.6. The highest BCUT2D eigenvalue weighted by molar-refractivity contribution is 5.88. The van der Waals surface area contributed by atoms with E-state index >= 15 is 0 Å². The van der Waals surface area contributed by atoms with Gasteiger partial charge in [0.2, 0.25) is 0 Å². The molecule has 0 radical (unpaired) electrons. The summed E-state index contributed by atoms with van der Waals surface area (Å²) in [6, 6.07) is 6.45. The summed E-state index contributed by atoms with van der Waals surface area (Å²) in [5, 5.41) is 1.29. The highest BCUT2D eigenvalue weighted by atomic mass is 16.5. The van der Waals surface area contributed by atoms with Gasteiger partial charge in [0.25, 0.3) is 0 Å². The monoisotopic (exact) mass is 271 g/mol. The molecule has 1 N–H and O–H groups in total. The molecule has 3 nitrogen and oxygen atoms in total. The Morgan fingerprint density at radius 1 is 1.45 bits per heavy atom. The molecule has 3 rings (SSSR count). The van der Waals surface area contributed by atoms with Crippen LogP contribution in [0.25, 0.3) is 10.9 Å². The van der Waals surface area contributed by atoms with Crippen LogP contribution in [-0.4, -0.2) is 17.4 Å². The zero-order valence-electron chi connectivity index (χ0n) is 12.4. The third kappa shape index (κ3) is 1.97. The molecule has 1 aromatic heterocycles. The molecule has 2 aromatic rings. The van der Waals surface area contributed by atoms with E-state index in [1.54, 1.807) is 6.92 Å². The fourth-order valence-electron chi connectivity index (χ4n) is 3.41. The van der Waals surface area contributed by atoms with Gasteiger partial charge in [-0.05, 0) is 37.8 Å². The maximum absolute atomic E-state index is 11.6. The molecule has 20 heavy (non-hydrogen) atoms. The highest BCUT2D eigenvalue weighted by Crippen LogP contribution is 2.39. The third-order valence-corrected chi connectivity index (χ3v) is 4.30. The van der Waals surface area contributed by atoms with Gasteiger partial charge >= 0.3 is 0 Å². The smallest absolute Gasteiger partial charge is 0.133 e. The maximum Gasteiger partial charge on any atom is 0.133 e. The Bertz CT molecular complexity index is 671. The Morgan fingerprint density at radius 3 is 2.95 bits per heavy atom. The lowest BCUT2D eigenvalue weighted by molar-refractivity contribution is -0.126. The highest BCUT2D eigenvalue weighted by Gasteiger charge is 2.37. The summed E-state index contributed by atoms with van der Waals surface area (Å²) in [7, 11) is 0. The SMILES string of the molecule is CCc1cccc2c3c([nH]c12)C(C)(CC(C)=O)OCC3. The van der Waals surface area contributed by atoms with Crippen LogP contribution in [0.4, 0.5) is 0 Å². The molecule has 1 aliphatic heterocycles. The van der Waals surface area contributed by atoms with Crippen LogP contribution >= 0.6 is 0 Å². The number of hydrogen-bond acceptors (Lipinski definition) is 2. The summed E-state index contributed by atoms with van der Waals surface area (Å²) in [6.07, 6.45) is 2.34. The van der Waals surface area contributed by atoms with E-state index in [2.05, 4.69) is 30.1 Å². The molecule has 0 saturated heterocycles. The lowest BCUT2D eigenvalue weighted by Gasteiger charge is -2.33. The van der Waals surface area contributed by atoms with Crippen molar-refractivity contribution in [3.05, 3.63) is 35.0 Å². The lowest BCUT2D eigenvalue weighted by atomic mass is 9.89. The van der Waals surface area contributed by atoms with Crippen molar-refractivity contribution in [2.24, 2.45) is 0 Å². The van der Waals surface area contributed by atoms with Gasteiger partial charge in [-0.15, -0.1) is 0 Å². The zero-order chi connectivity index (χ0) is 14.3. The number of aromatic amines is 1. The molecule has 1 unspecified atom stereocenters. The molecule has 0 fully saturated rings. The molecular formula is C17H21NO2. The molecule has 106 valence electrons. The molecule has 0 aliphatic carbocycles. The van der Waals surface area contributed by atoms with E-state index in [0.29, 0.717) is 13.0 Å². The predicted molar refractivity (Wildman–Crippen MR) is 80.0 cm³/mol. The average molecular weight is 271 g/mol. The quantitative estimate of drug-likeness (QED) is 0.928. The van der Waals surface area contributed by atoms with Crippen LogP contribution in [0.2, 0.25) is 0 Å². The van der Waals surface area contributed by atoms with E-state index in [-0.39, 0.29) is 5.78 Å². The Hall–Kier alpha value is -1.61. The lowest BCUT2D eigenvalue weighted by Crippen LogP contribution is -2.34. The fraction of sp³-hybridized carbons (Fsp3) is 0.471. The molecular weight excluding hydrogens is 250 g/mol. The van der Waals surface area contributed by atoms with Crippen molar-refractivity contribution in [2.45, 2.75) is 45.6 Å². The zero-order valence-corrected chi connectivity index (χ0v) is 12.4. The standard InChI is InChI=1S/C17H21NO2/c1-4-12-6-5-7-13-14-8-9-20-17(3,10-11(2)19)16(14)18-15(12)13/h5-7,18H,4,8-10H2,1-3H3. The van der Waals surface area contributed by atoms with Gasteiger partial charge in [0, 0.05) is 17.3 Å². The van der Waals surface area contributed by atoms with E-state index in [4.69, 9.17) is 4.74 Å². The molecule has 3 heteroatoms. The van der Waals surface area contributed by atoms with Gasteiger partial charge < -0.3 is 9.72 Å². The first-order chi connectivity index (χ1) is 9.55. The minimum absolute atomic E-state index is 0.162. The molecule has 1 aliphatic rings. The number of carbonyl (C=O) groups excluding carboxylic acids is 1. The van der Waals surface area contributed by atoms with Crippen LogP contribution in [0, 0.1) is 0 Å². The summed E-state index contributed by atoms with van der Waals surface area (Å²) in [6.45, 7) is 6.50. The van der Waals surface area contributed by atoms with Crippen LogP contribution < -0.4 is 0 Å². The van der Waals surface area contributed by atoms with Gasteiger partial charge in [0.15, 0.2) is 0 Å². The number of rotatable bonds is 3. The number of aryl methyl sites for hydroxylation is 1. The van der Waals surface area contributed by atoms with Crippen molar-refractivity contribution < 1.29 is 9.53 Å². The second-order valence-corrected chi connectivity index (χ2v) is 5.88. The van der Waals surface area contributed by atoms with Gasteiger partial charge in [0.05, 0.1) is 12.3 Å². The van der Waals surface area contributed by atoms with Gasteiger partial charge in [-0.1, -0.05) is 25.1 Å². The molecule has 0 spiro atoms. The molecule has 0 saturated carbocycles. The minimum atomic E-state index is -0.510. The van der Waals surface area contributed by atoms with E-state index in [0.717, 1.165) is 18.5 Å². The summed E-state index contributed by atoms with van der Waals surface area (Å²) in [5.41, 5.74) is 4.44. The van der Waals surface area contributed by atoms with Crippen molar-refractivity contribution in [1.82, 2.24) is 4.98 Å². The van der Waals surface area contributed by atoms with Crippen LogP contribution in [0.1, 0.15) is 44.0 Å². The van der Waals surface area contributed by atoms with Gasteiger partial charge in [-0.2, -0.15) is 0 Å². The van der Waals surface area contributed by atoms with Crippen molar-refractivity contribution >= 4 is 16.7 Å². The number of carbonyl (C=O) groups is 1. The average Bonchev–Trinajstić information content (AvgIpc) is 2.78. The van der Waals surface area contributed by atoms with Crippen LogP contribution in [0.5, 0.6) is 0 Å². The molecule has 0 bridgehead atoms. The van der Waals surface area contributed by atoms with Crippen molar-refractivity contribution in [3.8, 4) is 0 Å². The Labute approximate surface area is 119 Å². The number of ether oxygens (including phenoxy) is 1. The number of aromatic nitrogens is 1. The van der Waals surface area contributed by atoms with Crippen molar-refractivity contribution in [1.29, 1.82) is 0 Å². The van der Waals surface area contributed by atoms with Gasteiger partial charge in [-0.25, -0.2) is 0 Å². The van der Waals surface area contributed by atoms with Gasteiger partial charge in [0.1, 0.15) is 11.4 Å². The second-order valence-electron chi connectivity index (χ2n) is 5.88. The second kappa shape index (κ2) is 4.74. The minimum Gasteiger partial charge on any atom is -0.368 e. The number of nitrogens with one attached hydrogen (secondary N) is 1. The molecule has 1 aromatic carbocycles. The van der Waals surface area contributed by atoms with Crippen LogP contribution in [0.15, 0.2) is 18.2 Å². The molecule has 1 atom stereocenters. The number of para-hydroxylation sites is 1. The molecule has 0 amide bonds. The number of hydrogen-bond donors (Lipinski definition) is 1. The predicted octanol–water partition coefficient (Wildman–Crippen LogP) is 3.50. The topological polar surface area (TPSA) is 42.1 Å². The van der Waals surface area contributed by atoms with Crippen LogP contribution in [0.3, 0.4) is 0 Å². The summed E-state index contributed by atoms with van der Waals surface area (Å²) < 4.78 is 5.95. The molecule has 2 heterocycles. The Morgan fingerprint density at radius 2 is 2.25 bits per heavy atom. The summed E-state index contributed by atoms with van der Waals surface area (Å²) in [4.78, 5) is 15.1. The third-order valence-electron chi connectivity index (χ3n) is 4.30. The van der Waals surface area contributed by atoms with Crippen molar-refractivity contribution in [2.75, 3.05) is 6.61 Å². The Kier molecular flexibility index (Phi) is 3.17. The number of fused-ring (bicyclic) bond motifs is 3. The van der Waals surface area contributed by atoms with Crippen molar-refractivity contribution in [3.63, 3.8) is 0 Å². The number of ketones is 1. The number of Topliss-reactive ketones (excluding diaryl/α,β-unsaturated/α-hetero) is 1. The van der Waals surface area contributed by atoms with E-state index in [9.17, 15) is 4.79 Å². The summed E-state index contributed by atoms with van der Waals surface area (Å²) in [5.74, 6) is 0.162. The number of H-pyrrole nitrogens is 1. The first-order valence-electron chi connectivity index (χ1n) is 7.31. The first kappa shape index (κ1) is 13.4. The first-order valence-corrected chi connectivity index (χ1v) is 7.31. The fourth-order valence-corrected chi connectivity index (χ4v) is 3.41. The van der Waals surface area contributed by atoms with E-state index in [1.165, 1.54) is 22.0 Å². The number of benzene rings is 1. The summed E-state index contributed by atoms with van der Waals surface area (Å²) >= 11 is 0. The largest absolute Gasteiger partial charge is 0.368 e.